The predicted molar refractivity (Wildman–Crippen MR) is 76.5 cm³/mol. The van der Waals surface area contributed by atoms with Crippen LogP contribution in [0.25, 0.3) is 0 Å². The van der Waals surface area contributed by atoms with Crippen LogP contribution in [0.4, 0.5) is 0 Å². The van der Waals surface area contributed by atoms with Crippen LogP contribution in [0.15, 0.2) is 0 Å². The minimum Gasteiger partial charge on any atom is -0.343 e. The Morgan fingerprint density at radius 1 is 1.22 bits per heavy atom. The summed E-state index contributed by atoms with van der Waals surface area (Å²) in [6.45, 7) is 11.2. The zero-order valence-electron chi connectivity index (χ0n) is 12.5. The summed E-state index contributed by atoms with van der Waals surface area (Å²) in [7, 11) is 0. The summed E-state index contributed by atoms with van der Waals surface area (Å²) in [6, 6.07) is 0.616. The number of hydrogen-bond acceptors (Lipinski definition) is 2. The summed E-state index contributed by atoms with van der Waals surface area (Å²) in [4.78, 5) is 13.8. The highest BCUT2D eigenvalue weighted by molar-refractivity contribution is 5.76. The number of nitrogens with one attached hydrogen (secondary N) is 1. The molecule has 106 valence electrons. The van der Waals surface area contributed by atoms with Gasteiger partial charge in [-0.2, -0.15) is 0 Å². The van der Waals surface area contributed by atoms with Crippen LogP contribution in [0, 0.1) is 11.8 Å². The van der Waals surface area contributed by atoms with Crippen molar-refractivity contribution < 1.29 is 4.79 Å². The molecule has 1 aliphatic rings. The van der Waals surface area contributed by atoms with Gasteiger partial charge in [0.1, 0.15) is 0 Å². The lowest BCUT2D eigenvalue weighted by Gasteiger charge is -2.33. The largest absolute Gasteiger partial charge is 0.343 e. The molecule has 0 heterocycles. The Balaban J connectivity index is 2.23. The molecule has 1 amide bonds. The molecule has 0 aromatic rings. The first-order chi connectivity index (χ1) is 8.58. The van der Waals surface area contributed by atoms with Crippen molar-refractivity contribution >= 4 is 5.91 Å². The van der Waals surface area contributed by atoms with Crippen molar-refractivity contribution in [3.05, 3.63) is 0 Å². The van der Waals surface area contributed by atoms with E-state index >= 15 is 0 Å². The molecular weight excluding hydrogens is 224 g/mol. The lowest BCUT2D eigenvalue weighted by molar-refractivity contribution is -0.130. The third-order valence-corrected chi connectivity index (χ3v) is 4.29. The molecule has 0 aromatic heterocycles. The minimum absolute atomic E-state index is 0.282. The van der Waals surface area contributed by atoms with Crippen LogP contribution in [0.5, 0.6) is 0 Å². The average Bonchev–Trinajstić information content (AvgIpc) is 2.33. The molecule has 18 heavy (non-hydrogen) atoms. The molecule has 1 fully saturated rings. The molecule has 0 saturated heterocycles. The Labute approximate surface area is 112 Å². The lowest BCUT2D eigenvalue weighted by atomic mass is 9.80. The Hall–Kier alpha value is -0.570. The van der Waals surface area contributed by atoms with E-state index in [1.807, 2.05) is 18.7 Å². The number of amides is 1. The Kier molecular flexibility index (Phi) is 6.69. The first-order valence-corrected chi connectivity index (χ1v) is 7.59. The number of carbonyl (C=O) groups excluding carboxylic acids is 1. The molecule has 0 radical (unpaired) electrons. The van der Waals surface area contributed by atoms with Crippen molar-refractivity contribution in [1.82, 2.24) is 10.2 Å². The molecule has 0 bridgehead atoms. The van der Waals surface area contributed by atoms with Crippen LogP contribution in [0.3, 0.4) is 0 Å². The second kappa shape index (κ2) is 7.78. The van der Waals surface area contributed by atoms with E-state index in [1.165, 1.54) is 19.3 Å². The van der Waals surface area contributed by atoms with Gasteiger partial charge in [-0.1, -0.05) is 13.8 Å². The quantitative estimate of drug-likeness (QED) is 0.790. The molecule has 3 atom stereocenters. The highest BCUT2D eigenvalue weighted by Crippen LogP contribution is 2.28. The summed E-state index contributed by atoms with van der Waals surface area (Å²) < 4.78 is 0. The minimum atomic E-state index is 0.282. The van der Waals surface area contributed by atoms with E-state index in [1.54, 1.807) is 0 Å². The van der Waals surface area contributed by atoms with Crippen LogP contribution in [0.2, 0.25) is 0 Å². The van der Waals surface area contributed by atoms with Crippen LogP contribution in [-0.4, -0.2) is 36.5 Å². The van der Waals surface area contributed by atoms with Crippen LogP contribution >= 0.6 is 0 Å². The predicted octanol–water partition coefficient (Wildman–Crippen LogP) is 2.66. The third-order valence-electron chi connectivity index (χ3n) is 4.29. The average molecular weight is 254 g/mol. The van der Waals surface area contributed by atoms with E-state index in [0.29, 0.717) is 12.5 Å². The van der Waals surface area contributed by atoms with Gasteiger partial charge in [-0.3, -0.25) is 4.79 Å². The van der Waals surface area contributed by atoms with Crippen LogP contribution < -0.4 is 5.32 Å². The van der Waals surface area contributed by atoms with Gasteiger partial charge in [0.15, 0.2) is 0 Å². The Bertz CT molecular complexity index is 251. The monoisotopic (exact) mass is 254 g/mol. The van der Waals surface area contributed by atoms with Crippen molar-refractivity contribution in [2.24, 2.45) is 11.8 Å². The molecular formula is C15H30N2O. The second-order valence-electron chi connectivity index (χ2n) is 5.77. The van der Waals surface area contributed by atoms with Crippen molar-refractivity contribution in [2.75, 3.05) is 19.6 Å². The van der Waals surface area contributed by atoms with Gasteiger partial charge >= 0.3 is 0 Å². The summed E-state index contributed by atoms with van der Waals surface area (Å²) >= 11 is 0. The molecule has 3 unspecified atom stereocenters. The van der Waals surface area contributed by atoms with E-state index in [4.69, 9.17) is 0 Å². The van der Waals surface area contributed by atoms with Gasteiger partial charge in [0, 0.05) is 32.1 Å². The summed E-state index contributed by atoms with van der Waals surface area (Å²) in [5.74, 6) is 1.90. The van der Waals surface area contributed by atoms with E-state index < -0.39 is 0 Å². The smallest absolute Gasteiger partial charge is 0.223 e. The number of nitrogens with zero attached hydrogens (tertiary/aromatic N) is 1. The Morgan fingerprint density at radius 3 is 2.44 bits per heavy atom. The molecule has 0 aromatic carbocycles. The van der Waals surface area contributed by atoms with Gasteiger partial charge in [-0.25, -0.2) is 0 Å². The van der Waals surface area contributed by atoms with E-state index in [-0.39, 0.29) is 5.91 Å². The number of carbonyl (C=O) groups is 1. The SMILES string of the molecule is CCN(CC)C(=O)CCNC1CCC(C)CC1C. The maximum Gasteiger partial charge on any atom is 0.223 e. The molecule has 1 rings (SSSR count). The highest BCUT2D eigenvalue weighted by Gasteiger charge is 2.24. The third kappa shape index (κ3) is 4.60. The van der Waals surface area contributed by atoms with Crippen molar-refractivity contribution in [1.29, 1.82) is 0 Å². The fourth-order valence-electron chi connectivity index (χ4n) is 3.07. The maximum atomic E-state index is 11.9. The molecule has 1 N–H and O–H groups in total. The molecule has 3 heteroatoms. The highest BCUT2D eigenvalue weighted by atomic mass is 16.2. The zero-order valence-corrected chi connectivity index (χ0v) is 12.5. The fourth-order valence-corrected chi connectivity index (χ4v) is 3.07. The summed E-state index contributed by atoms with van der Waals surface area (Å²) in [5, 5.41) is 3.58. The second-order valence-corrected chi connectivity index (χ2v) is 5.77. The van der Waals surface area contributed by atoms with Crippen LogP contribution in [0.1, 0.15) is 53.4 Å². The number of rotatable bonds is 6. The molecule has 1 saturated carbocycles. The van der Waals surface area contributed by atoms with Crippen molar-refractivity contribution in [3.63, 3.8) is 0 Å². The fraction of sp³-hybridized carbons (Fsp3) is 0.933. The number of hydrogen-bond donors (Lipinski definition) is 1. The van der Waals surface area contributed by atoms with Gasteiger partial charge < -0.3 is 10.2 Å². The van der Waals surface area contributed by atoms with Gasteiger partial charge in [0.05, 0.1) is 0 Å². The molecule has 0 spiro atoms. The summed E-state index contributed by atoms with van der Waals surface area (Å²) in [6.07, 6.45) is 4.55. The van der Waals surface area contributed by atoms with Crippen LogP contribution in [-0.2, 0) is 4.79 Å². The molecule has 1 aliphatic carbocycles. The maximum absolute atomic E-state index is 11.9. The zero-order chi connectivity index (χ0) is 13.5. The van der Waals surface area contributed by atoms with E-state index in [9.17, 15) is 4.79 Å². The van der Waals surface area contributed by atoms with Crippen molar-refractivity contribution in [3.8, 4) is 0 Å². The van der Waals surface area contributed by atoms with Gasteiger partial charge in [-0.05, 0) is 44.9 Å². The summed E-state index contributed by atoms with van der Waals surface area (Å²) in [5.41, 5.74) is 0. The molecule has 0 aliphatic heterocycles. The van der Waals surface area contributed by atoms with Crippen molar-refractivity contribution in [2.45, 2.75) is 59.4 Å². The van der Waals surface area contributed by atoms with Gasteiger partial charge in [0.25, 0.3) is 0 Å². The Morgan fingerprint density at radius 2 is 1.89 bits per heavy atom. The standard InChI is InChI=1S/C15H30N2O/c1-5-17(6-2)15(18)9-10-16-14-8-7-12(3)11-13(14)4/h12-14,16H,5-11H2,1-4H3. The topological polar surface area (TPSA) is 32.3 Å². The first-order valence-electron chi connectivity index (χ1n) is 7.59. The van der Waals surface area contributed by atoms with Gasteiger partial charge in [-0.15, -0.1) is 0 Å². The first kappa shape index (κ1) is 15.5. The normalized spacial score (nSPS) is 28.1. The van der Waals surface area contributed by atoms with E-state index in [0.717, 1.165) is 31.5 Å². The molecule has 3 nitrogen and oxygen atoms in total. The lowest BCUT2D eigenvalue weighted by Crippen LogP contribution is -2.41. The van der Waals surface area contributed by atoms with E-state index in [2.05, 4.69) is 19.2 Å². The van der Waals surface area contributed by atoms with Gasteiger partial charge in [0.2, 0.25) is 5.91 Å².